The molecule has 3 nitrogen and oxygen atoms in total. The van der Waals surface area contributed by atoms with E-state index in [1.54, 1.807) is 0 Å². The fraction of sp³-hybridized carbons (Fsp3) is 0.864. The second kappa shape index (κ2) is 21.2. The molecule has 3 heteroatoms. The van der Waals surface area contributed by atoms with Crippen molar-refractivity contribution in [3.8, 4) is 0 Å². The minimum absolute atomic E-state index is 0.278. The third kappa shape index (κ3) is 23.2. The molecule has 0 heterocycles. The van der Waals surface area contributed by atoms with Crippen LogP contribution in [0.2, 0.25) is 0 Å². The minimum atomic E-state index is -0.695. The van der Waals surface area contributed by atoms with Crippen molar-refractivity contribution in [1.82, 2.24) is 5.32 Å². The molecule has 0 saturated heterocycles. The normalized spacial score (nSPS) is 11.4. The van der Waals surface area contributed by atoms with E-state index in [1.165, 1.54) is 89.9 Å². The van der Waals surface area contributed by atoms with Crippen molar-refractivity contribution in [3.05, 3.63) is 12.2 Å². The first-order valence-electron chi connectivity index (χ1n) is 10.8. The van der Waals surface area contributed by atoms with Crippen molar-refractivity contribution in [3.63, 3.8) is 0 Å². The van der Waals surface area contributed by atoms with E-state index in [0.29, 0.717) is 0 Å². The SMILES string of the molecule is CCCCCCCC/C=C\CCCCCCCCNCCCC(=O)O. The molecule has 0 fully saturated rings. The Balaban J connectivity index is 3.06. The molecule has 0 aliphatic carbocycles. The predicted octanol–water partition coefficient (Wildman–Crippen LogP) is 6.48. The molecular formula is C22H43NO2. The number of carboxylic acid groups (broad SMARTS) is 1. The number of carbonyl (C=O) groups is 1. The van der Waals surface area contributed by atoms with Crippen LogP contribution in [0.3, 0.4) is 0 Å². The molecule has 2 N–H and O–H groups in total. The quantitative estimate of drug-likeness (QED) is 0.194. The molecule has 0 radical (unpaired) electrons. The Labute approximate surface area is 156 Å². The Kier molecular flexibility index (Phi) is 20.5. The standard InChI is InChI=1S/C22H43NO2/c1-2-3-4-5-6-7-8-9-10-11-12-13-14-15-16-17-20-23-21-18-19-22(24)25/h9-10,23H,2-8,11-21H2,1H3,(H,24,25)/b10-9-. The highest BCUT2D eigenvalue weighted by Crippen LogP contribution is 2.09. The van der Waals surface area contributed by atoms with Crippen LogP contribution in [0.1, 0.15) is 110 Å². The van der Waals surface area contributed by atoms with E-state index in [0.717, 1.165) is 19.5 Å². The van der Waals surface area contributed by atoms with Crippen LogP contribution >= 0.6 is 0 Å². The molecule has 0 atom stereocenters. The van der Waals surface area contributed by atoms with Crippen molar-refractivity contribution in [2.24, 2.45) is 0 Å². The third-order valence-electron chi connectivity index (χ3n) is 4.61. The zero-order chi connectivity index (χ0) is 18.4. The summed E-state index contributed by atoms with van der Waals surface area (Å²) in [5, 5.41) is 11.9. The van der Waals surface area contributed by atoms with Gasteiger partial charge < -0.3 is 10.4 Å². The Bertz CT molecular complexity index is 302. The number of aliphatic carboxylic acids is 1. The highest BCUT2D eigenvalue weighted by Gasteiger charge is 1.96. The fourth-order valence-electron chi connectivity index (χ4n) is 2.99. The summed E-state index contributed by atoms with van der Waals surface area (Å²) in [6.07, 6.45) is 24.5. The van der Waals surface area contributed by atoms with Gasteiger partial charge in [0.05, 0.1) is 0 Å². The second-order valence-corrected chi connectivity index (χ2v) is 7.19. The van der Waals surface area contributed by atoms with E-state index in [2.05, 4.69) is 24.4 Å². The Hall–Kier alpha value is -0.830. The van der Waals surface area contributed by atoms with E-state index in [9.17, 15) is 4.79 Å². The number of nitrogens with one attached hydrogen (secondary N) is 1. The van der Waals surface area contributed by atoms with Crippen LogP contribution in [0.15, 0.2) is 12.2 Å². The predicted molar refractivity (Wildman–Crippen MR) is 109 cm³/mol. The molecule has 0 bridgehead atoms. The summed E-state index contributed by atoms with van der Waals surface area (Å²) in [6, 6.07) is 0. The molecule has 0 rings (SSSR count). The van der Waals surface area contributed by atoms with Crippen molar-refractivity contribution in [2.45, 2.75) is 110 Å². The van der Waals surface area contributed by atoms with Crippen LogP contribution < -0.4 is 5.32 Å². The van der Waals surface area contributed by atoms with Gasteiger partial charge in [-0.15, -0.1) is 0 Å². The molecule has 0 saturated carbocycles. The van der Waals surface area contributed by atoms with Gasteiger partial charge in [-0.2, -0.15) is 0 Å². The van der Waals surface area contributed by atoms with E-state index < -0.39 is 5.97 Å². The molecular weight excluding hydrogens is 310 g/mol. The van der Waals surface area contributed by atoms with Gasteiger partial charge in [-0.05, 0) is 51.6 Å². The maximum Gasteiger partial charge on any atom is 0.303 e. The van der Waals surface area contributed by atoms with Crippen LogP contribution in [0.25, 0.3) is 0 Å². The lowest BCUT2D eigenvalue weighted by atomic mass is 10.1. The summed E-state index contributed by atoms with van der Waals surface area (Å²) in [6.45, 7) is 4.13. The average molecular weight is 354 g/mol. The van der Waals surface area contributed by atoms with Crippen LogP contribution in [0.5, 0.6) is 0 Å². The topological polar surface area (TPSA) is 49.3 Å². The summed E-state index contributed by atoms with van der Waals surface area (Å²) in [4.78, 5) is 10.4. The summed E-state index contributed by atoms with van der Waals surface area (Å²) < 4.78 is 0. The lowest BCUT2D eigenvalue weighted by Crippen LogP contribution is -2.17. The van der Waals surface area contributed by atoms with Gasteiger partial charge in [0.2, 0.25) is 0 Å². The lowest BCUT2D eigenvalue weighted by molar-refractivity contribution is -0.137. The molecule has 0 amide bonds. The zero-order valence-corrected chi connectivity index (χ0v) is 16.7. The van der Waals surface area contributed by atoms with Gasteiger partial charge in [-0.25, -0.2) is 0 Å². The van der Waals surface area contributed by atoms with Crippen LogP contribution in [-0.4, -0.2) is 24.2 Å². The van der Waals surface area contributed by atoms with E-state index in [4.69, 9.17) is 5.11 Å². The lowest BCUT2D eigenvalue weighted by Gasteiger charge is -2.03. The van der Waals surface area contributed by atoms with Crippen molar-refractivity contribution in [2.75, 3.05) is 13.1 Å². The summed E-state index contributed by atoms with van der Waals surface area (Å²) in [7, 11) is 0. The highest BCUT2D eigenvalue weighted by molar-refractivity contribution is 5.66. The number of carboxylic acids is 1. The largest absolute Gasteiger partial charge is 0.481 e. The van der Waals surface area contributed by atoms with E-state index in [1.807, 2.05) is 0 Å². The van der Waals surface area contributed by atoms with Gasteiger partial charge >= 0.3 is 5.97 Å². The number of hydrogen-bond donors (Lipinski definition) is 2. The first kappa shape index (κ1) is 24.2. The molecule has 0 aromatic heterocycles. The van der Waals surface area contributed by atoms with Crippen LogP contribution in [0, 0.1) is 0 Å². The smallest absolute Gasteiger partial charge is 0.303 e. The van der Waals surface area contributed by atoms with Gasteiger partial charge in [0.1, 0.15) is 0 Å². The first-order chi connectivity index (χ1) is 12.3. The molecule has 0 aliphatic rings. The van der Waals surface area contributed by atoms with E-state index in [-0.39, 0.29) is 6.42 Å². The molecule has 148 valence electrons. The van der Waals surface area contributed by atoms with Gasteiger partial charge in [-0.3, -0.25) is 4.79 Å². The van der Waals surface area contributed by atoms with Gasteiger partial charge in [0.15, 0.2) is 0 Å². The van der Waals surface area contributed by atoms with E-state index >= 15 is 0 Å². The summed E-state index contributed by atoms with van der Waals surface area (Å²) in [5.41, 5.74) is 0. The maximum absolute atomic E-state index is 10.4. The molecule has 0 spiro atoms. The van der Waals surface area contributed by atoms with Crippen LogP contribution in [-0.2, 0) is 4.79 Å². The Morgan fingerprint density at radius 2 is 1.20 bits per heavy atom. The molecule has 0 aliphatic heterocycles. The highest BCUT2D eigenvalue weighted by atomic mass is 16.4. The van der Waals surface area contributed by atoms with Gasteiger partial charge in [0, 0.05) is 6.42 Å². The van der Waals surface area contributed by atoms with Crippen molar-refractivity contribution < 1.29 is 9.90 Å². The monoisotopic (exact) mass is 353 g/mol. The summed E-state index contributed by atoms with van der Waals surface area (Å²) >= 11 is 0. The van der Waals surface area contributed by atoms with Crippen molar-refractivity contribution >= 4 is 5.97 Å². The third-order valence-corrected chi connectivity index (χ3v) is 4.61. The summed E-state index contributed by atoms with van der Waals surface area (Å²) in [5.74, 6) is -0.695. The Morgan fingerprint density at radius 1 is 0.720 bits per heavy atom. The fourth-order valence-corrected chi connectivity index (χ4v) is 2.99. The Morgan fingerprint density at radius 3 is 1.76 bits per heavy atom. The number of unbranched alkanes of at least 4 members (excludes halogenated alkanes) is 12. The molecule has 0 unspecified atom stereocenters. The van der Waals surface area contributed by atoms with Crippen LogP contribution in [0.4, 0.5) is 0 Å². The zero-order valence-electron chi connectivity index (χ0n) is 16.7. The average Bonchev–Trinajstić information content (AvgIpc) is 2.60. The second-order valence-electron chi connectivity index (χ2n) is 7.19. The van der Waals surface area contributed by atoms with Gasteiger partial charge in [-0.1, -0.05) is 76.9 Å². The first-order valence-corrected chi connectivity index (χ1v) is 10.8. The molecule has 0 aromatic carbocycles. The number of hydrogen-bond acceptors (Lipinski definition) is 2. The number of rotatable bonds is 20. The number of allylic oxidation sites excluding steroid dienone is 2. The minimum Gasteiger partial charge on any atom is -0.481 e. The van der Waals surface area contributed by atoms with Gasteiger partial charge in [0.25, 0.3) is 0 Å². The molecule has 25 heavy (non-hydrogen) atoms. The molecule has 0 aromatic rings. The maximum atomic E-state index is 10.4. The van der Waals surface area contributed by atoms with Crippen molar-refractivity contribution in [1.29, 1.82) is 0 Å².